The van der Waals surface area contributed by atoms with Crippen LogP contribution in [0, 0.1) is 18.3 Å². The van der Waals surface area contributed by atoms with E-state index < -0.39 is 0 Å². The summed E-state index contributed by atoms with van der Waals surface area (Å²) in [4.78, 5) is 11.8. The molecule has 0 fully saturated rings. The quantitative estimate of drug-likeness (QED) is 0.755. The maximum Gasteiger partial charge on any atom is 0.319 e. The molecule has 0 aliphatic carbocycles. The summed E-state index contributed by atoms with van der Waals surface area (Å²) in [6.45, 7) is 2.32. The highest BCUT2D eigenvalue weighted by atomic mass is 16.2. The molecule has 2 amide bonds. The lowest BCUT2D eigenvalue weighted by Crippen LogP contribution is -2.28. The zero-order chi connectivity index (χ0) is 15.2. The third-order valence-corrected chi connectivity index (χ3v) is 3.20. The molecule has 0 aliphatic rings. The first kappa shape index (κ1) is 14.4. The molecule has 0 saturated heterocycles. The highest BCUT2D eigenvalue weighted by Gasteiger charge is 2.05. The number of amides is 2. The number of nitrogens with zero attached hydrogens (tertiary/aromatic N) is 1. The average molecular weight is 280 g/mol. The van der Waals surface area contributed by atoms with E-state index in [1.54, 1.807) is 24.3 Å². The van der Waals surface area contributed by atoms with Gasteiger partial charge in [-0.15, -0.1) is 0 Å². The first-order valence-corrected chi connectivity index (χ1v) is 6.49. The Kier molecular flexibility index (Phi) is 4.42. The van der Waals surface area contributed by atoms with Crippen LogP contribution in [0.3, 0.4) is 0 Å². The molecular weight excluding hydrogens is 264 g/mol. The largest absolute Gasteiger partial charge is 0.399 e. The van der Waals surface area contributed by atoms with Crippen molar-refractivity contribution in [3.05, 3.63) is 59.2 Å². The smallest absolute Gasteiger partial charge is 0.319 e. The number of carbonyl (C=O) groups excluding carboxylic acids is 1. The molecular formula is C16H16N4O. The maximum atomic E-state index is 11.8. The molecule has 0 saturated carbocycles. The fraction of sp³-hybridized carbons (Fsp3) is 0.125. The fourth-order valence-corrected chi connectivity index (χ4v) is 1.87. The molecule has 5 nitrogen and oxygen atoms in total. The van der Waals surface area contributed by atoms with Gasteiger partial charge in [-0.3, -0.25) is 0 Å². The maximum absolute atomic E-state index is 11.8. The van der Waals surface area contributed by atoms with Gasteiger partial charge in [-0.05, 0) is 48.4 Å². The Bertz CT molecular complexity index is 686. The van der Waals surface area contributed by atoms with E-state index in [4.69, 9.17) is 11.0 Å². The Morgan fingerprint density at radius 1 is 1.24 bits per heavy atom. The van der Waals surface area contributed by atoms with Crippen molar-refractivity contribution in [1.82, 2.24) is 5.32 Å². The van der Waals surface area contributed by atoms with Crippen LogP contribution in [0.15, 0.2) is 42.5 Å². The van der Waals surface area contributed by atoms with Crippen molar-refractivity contribution in [2.45, 2.75) is 13.5 Å². The van der Waals surface area contributed by atoms with E-state index >= 15 is 0 Å². The minimum atomic E-state index is -0.304. The number of hydrogen-bond donors (Lipinski definition) is 3. The minimum absolute atomic E-state index is 0.304. The van der Waals surface area contributed by atoms with Gasteiger partial charge < -0.3 is 16.4 Å². The molecule has 4 N–H and O–H groups in total. The molecule has 106 valence electrons. The zero-order valence-electron chi connectivity index (χ0n) is 11.7. The van der Waals surface area contributed by atoms with Crippen LogP contribution in [-0.4, -0.2) is 6.03 Å². The van der Waals surface area contributed by atoms with Crippen LogP contribution in [0.5, 0.6) is 0 Å². The van der Waals surface area contributed by atoms with E-state index in [1.807, 2.05) is 31.2 Å². The molecule has 0 aliphatic heterocycles. The molecule has 0 aromatic heterocycles. The number of rotatable bonds is 3. The highest BCUT2D eigenvalue weighted by Crippen LogP contribution is 2.15. The second kappa shape index (κ2) is 6.44. The summed E-state index contributed by atoms with van der Waals surface area (Å²) in [6.07, 6.45) is 0. The molecule has 0 atom stereocenters. The highest BCUT2D eigenvalue weighted by molar-refractivity contribution is 5.89. The molecule has 5 heteroatoms. The van der Waals surface area contributed by atoms with Gasteiger partial charge >= 0.3 is 6.03 Å². The third-order valence-electron chi connectivity index (χ3n) is 3.20. The molecule has 2 aromatic rings. The van der Waals surface area contributed by atoms with Crippen LogP contribution in [-0.2, 0) is 6.54 Å². The molecule has 2 aromatic carbocycles. The number of nitriles is 1. The Morgan fingerprint density at radius 3 is 2.62 bits per heavy atom. The Labute approximate surface area is 123 Å². The Hall–Kier alpha value is -3.00. The number of urea groups is 1. The van der Waals surface area contributed by atoms with E-state index in [0.29, 0.717) is 23.5 Å². The monoisotopic (exact) mass is 280 g/mol. The number of carbonyl (C=O) groups is 1. The fourth-order valence-electron chi connectivity index (χ4n) is 1.87. The molecule has 0 radical (unpaired) electrons. The van der Waals surface area contributed by atoms with Crippen molar-refractivity contribution in [2.24, 2.45) is 0 Å². The van der Waals surface area contributed by atoms with E-state index in [2.05, 4.69) is 10.6 Å². The van der Waals surface area contributed by atoms with E-state index in [0.717, 1.165) is 11.1 Å². The number of anilines is 2. The van der Waals surface area contributed by atoms with E-state index in [-0.39, 0.29) is 6.03 Å². The van der Waals surface area contributed by atoms with Crippen LogP contribution in [0.25, 0.3) is 0 Å². The SMILES string of the molecule is Cc1c(N)cccc1CNC(=O)Nc1ccc(C#N)cc1. The van der Waals surface area contributed by atoms with Crippen LogP contribution in [0.2, 0.25) is 0 Å². The summed E-state index contributed by atoms with van der Waals surface area (Å²) in [6, 6.07) is 14.0. The first-order valence-electron chi connectivity index (χ1n) is 6.49. The Morgan fingerprint density at radius 2 is 1.95 bits per heavy atom. The number of nitrogens with one attached hydrogen (secondary N) is 2. The van der Waals surface area contributed by atoms with Gasteiger partial charge in [-0.2, -0.15) is 5.26 Å². The summed E-state index contributed by atoms with van der Waals surface area (Å²) < 4.78 is 0. The topological polar surface area (TPSA) is 90.9 Å². The predicted octanol–water partition coefficient (Wildman–Crippen LogP) is 2.77. The van der Waals surface area contributed by atoms with Crippen LogP contribution in [0.4, 0.5) is 16.2 Å². The van der Waals surface area contributed by atoms with Gasteiger partial charge in [0.1, 0.15) is 0 Å². The molecule has 0 heterocycles. The van der Waals surface area contributed by atoms with Gasteiger partial charge in [-0.25, -0.2) is 4.79 Å². The van der Waals surface area contributed by atoms with Gasteiger partial charge in [0.05, 0.1) is 11.6 Å². The van der Waals surface area contributed by atoms with Crippen molar-refractivity contribution in [3.8, 4) is 6.07 Å². The average Bonchev–Trinajstić information content (AvgIpc) is 2.49. The van der Waals surface area contributed by atoms with Gasteiger partial charge in [0.25, 0.3) is 0 Å². The van der Waals surface area contributed by atoms with Crippen molar-refractivity contribution in [3.63, 3.8) is 0 Å². The summed E-state index contributed by atoms with van der Waals surface area (Å²) in [5.41, 5.74) is 9.67. The van der Waals surface area contributed by atoms with Gasteiger partial charge in [0.2, 0.25) is 0 Å². The summed E-state index contributed by atoms with van der Waals surface area (Å²) in [7, 11) is 0. The minimum Gasteiger partial charge on any atom is -0.399 e. The van der Waals surface area contributed by atoms with Crippen molar-refractivity contribution in [1.29, 1.82) is 5.26 Å². The van der Waals surface area contributed by atoms with Crippen LogP contribution < -0.4 is 16.4 Å². The molecule has 0 unspecified atom stereocenters. The number of hydrogen-bond acceptors (Lipinski definition) is 3. The van der Waals surface area contributed by atoms with E-state index in [1.165, 1.54) is 0 Å². The van der Waals surface area contributed by atoms with Gasteiger partial charge in [-0.1, -0.05) is 12.1 Å². The standard InChI is InChI=1S/C16H16N4O/c1-11-13(3-2-4-15(11)18)10-19-16(21)20-14-7-5-12(9-17)6-8-14/h2-8H,10,18H2,1H3,(H2,19,20,21). The summed E-state index contributed by atoms with van der Waals surface area (Å²) >= 11 is 0. The van der Waals surface area contributed by atoms with Crippen molar-refractivity contribution < 1.29 is 4.79 Å². The number of benzene rings is 2. The van der Waals surface area contributed by atoms with Crippen molar-refractivity contribution in [2.75, 3.05) is 11.1 Å². The van der Waals surface area contributed by atoms with Gasteiger partial charge in [0, 0.05) is 17.9 Å². The molecule has 21 heavy (non-hydrogen) atoms. The van der Waals surface area contributed by atoms with Crippen molar-refractivity contribution >= 4 is 17.4 Å². The first-order chi connectivity index (χ1) is 10.1. The number of nitrogen functional groups attached to an aromatic ring is 1. The lowest BCUT2D eigenvalue weighted by Gasteiger charge is -2.10. The molecule has 0 spiro atoms. The van der Waals surface area contributed by atoms with Crippen LogP contribution in [0.1, 0.15) is 16.7 Å². The lowest BCUT2D eigenvalue weighted by atomic mass is 10.1. The zero-order valence-corrected chi connectivity index (χ0v) is 11.7. The molecule has 0 bridgehead atoms. The second-order valence-corrected chi connectivity index (χ2v) is 4.63. The second-order valence-electron chi connectivity index (χ2n) is 4.63. The van der Waals surface area contributed by atoms with E-state index in [9.17, 15) is 4.79 Å². The third kappa shape index (κ3) is 3.74. The van der Waals surface area contributed by atoms with Gasteiger partial charge in [0.15, 0.2) is 0 Å². The number of nitrogens with two attached hydrogens (primary N) is 1. The summed E-state index contributed by atoms with van der Waals surface area (Å²) in [5, 5.41) is 14.2. The lowest BCUT2D eigenvalue weighted by molar-refractivity contribution is 0.251. The Balaban J connectivity index is 1.93. The normalized spacial score (nSPS) is 9.71. The summed E-state index contributed by atoms with van der Waals surface area (Å²) in [5.74, 6) is 0. The molecule has 2 rings (SSSR count). The van der Waals surface area contributed by atoms with Crippen LogP contribution >= 0.6 is 0 Å². The predicted molar refractivity (Wildman–Crippen MR) is 82.6 cm³/mol.